The quantitative estimate of drug-likeness (QED) is 0.410. The van der Waals surface area contributed by atoms with Crippen LogP contribution in [0.5, 0.6) is 0 Å². The highest BCUT2D eigenvalue weighted by atomic mass is 31.0. The molecule has 1 heteroatoms. The van der Waals surface area contributed by atoms with Crippen LogP contribution in [0.4, 0.5) is 0 Å². The van der Waals surface area contributed by atoms with Crippen molar-refractivity contribution in [1.29, 1.82) is 0 Å². The van der Waals surface area contributed by atoms with Crippen LogP contribution in [0, 0.1) is 0 Å². The summed E-state index contributed by atoms with van der Waals surface area (Å²) in [7, 11) is 3.58. The molecule has 1 aliphatic carbocycles. The highest BCUT2D eigenvalue weighted by molar-refractivity contribution is 7.17. The van der Waals surface area contributed by atoms with E-state index in [2.05, 4.69) is 9.24 Å². The molecule has 0 unspecified atom stereocenters. The summed E-state index contributed by atoms with van der Waals surface area (Å²) in [6, 6.07) is 0. The molecule has 0 aromatic heterocycles. The fraction of sp³-hybridized carbons (Fsp3) is 1.00. The Kier molecular flexibility index (Phi) is 1.48. The minimum absolute atomic E-state index is 0.852. The molecule has 35 valence electrons. The first-order chi connectivity index (χ1) is 2.89. The summed E-state index contributed by atoms with van der Waals surface area (Å²) in [5.74, 6) is 0. The normalized spacial score (nSPS) is 25.5. The third-order valence-corrected chi connectivity index (χ3v) is 1.93. The van der Waals surface area contributed by atoms with Crippen molar-refractivity contribution in [2.24, 2.45) is 0 Å². The highest BCUT2D eigenvalue weighted by Crippen LogP contribution is 2.24. The molecule has 0 bridgehead atoms. The zero-order valence-corrected chi connectivity index (χ0v) is 4.91. The van der Waals surface area contributed by atoms with Crippen LogP contribution in [-0.2, 0) is 0 Å². The molecule has 0 aromatic carbocycles. The molecule has 0 aromatic rings. The molecule has 0 atom stereocenters. The van der Waals surface area contributed by atoms with Gasteiger partial charge in [-0.2, -0.15) is 0 Å². The minimum Gasteiger partial charge on any atom is -0.0958 e. The number of hydrogen-bond acceptors (Lipinski definition) is 0. The molecule has 0 spiro atoms. The number of hydrogen-bond donors (Lipinski definition) is 0. The summed E-state index contributed by atoms with van der Waals surface area (Å²) in [4.78, 5) is 0. The van der Waals surface area contributed by atoms with Gasteiger partial charge in [-0.1, -0.05) is 22.1 Å². The first kappa shape index (κ1) is 4.59. The molecule has 1 fully saturated rings. The van der Waals surface area contributed by atoms with E-state index in [1.54, 1.807) is 0 Å². The Labute approximate surface area is 41.5 Å². The summed E-state index contributed by atoms with van der Waals surface area (Å²) >= 11 is 0. The first-order valence-electron chi connectivity index (χ1n) is 2.61. The Bertz CT molecular complexity index is 37.2. The molecule has 1 radical (unpaired) electrons. The molecule has 0 amide bonds. The van der Waals surface area contributed by atoms with Gasteiger partial charge in [-0.05, 0) is 18.5 Å². The van der Waals surface area contributed by atoms with Crippen LogP contribution in [0.3, 0.4) is 0 Å². The van der Waals surface area contributed by atoms with E-state index in [1.807, 2.05) is 0 Å². The Morgan fingerprint density at radius 2 is 1.67 bits per heavy atom. The standard InChI is InChI=1S/C5H10P/c6-5-3-1-2-4-5/h5-6H,1-4H2. The lowest BCUT2D eigenvalue weighted by Crippen LogP contribution is -1.81. The van der Waals surface area contributed by atoms with Gasteiger partial charge in [-0.25, -0.2) is 0 Å². The van der Waals surface area contributed by atoms with E-state index in [4.69, 9.17) is 0 Å². The van der Waals surface area contributed by atoms with E-state index in [-0.39, 0.29) is 0 Å². The molecule has 1 saturated carbocycles. The average molecular weight is 101 g/mol. The van der Waals surface area contributed by atoms with Crippen LogP contribution >= 0.6 is 9.24 Å². The van der Waals surface area contributed by atoms with Crippen molar-refractivity contribution in [3.05, 3.63) is 0 Å². The second-order valence-electron chi connectivity index (χ2n) is 1.98. The third kappa shape index (κ3) is 0.944. The number of rotatable bonds is 0. The molecule has 0 N–H and O–H groups in total. The molecular formula is C5H10P. The van der Waals surface area contributed by atoms with Crippen molar-refractivity contribution in [3.63, 3.8) is 0 Å². The van der Waals surface area contributed by atoms with Gasteiger partial charge in [0.05, 0.1) is 0 Å². The van der Waals surface area contributed by atoms with Gasteiger partial charge in [0.25, 0.3) is 0 Å². The van der Waals surface area contributed by atoms with Gasteiger partial charge in [-0.3, -0.25) is 0 Å². The monoisotopic (exact) mass is 101 g/mol. The molecule has 1 aliphatic rings. The molecule has 6 heavy (non-hydrogen) atoms. The van der Waals surface area contributed by atoms with E-state index in [9.17, 15) is 0 Å². The summed E-state index contributed by atoms with van der Waals surface area (Å²) in [5, 5.41) is 0. The van der Waals surface area contributed by atoms with Crippen molar-refractivity contribution < 1.29 is 0 Å². The predicted molar refractivity (Wildman–Crippen MR) is 30.6 cm³/mol. The van der Waals surface area contributed by atoms with Gasteiger partial charge in [0, 0.05) is 0 Å². The van der Waals surface area contributed by atoms with Crippen LogP contribution in [0.15, 0.2) is 0 Å². The first-order valence-corrected chi connectivity index (χ1v) is 3.18. The predicted octanol–water partition coefficient (Wildman–Crippen LogP) is 2.07. The van der Waals surface area contributed by atoms with E-state index >= 15 is 0 Å². The fourth-order valence-corrected chi connectivity index (χ4v) is 1.33. The van der Waals surface area contributed by atoms with Gasteiger partial charge in [0.1, 0.15) is 0 Å². The smallest absolute Gasteiger partial charge is 0.0200 e. The second kappa shape index (κ2) is 1.93. The Balaban J connectivity index is 2.18. The maximum atomic E-state index is 3.58. The highest BCUT2D eigenvalue weighted by Gasteiger charge is 2.07. The Morgan fingerprint density at radius 3 is 1.83 bits per heavy atom. The van der Waals surface area contributed by atoms with Crippen molar-refractivity contribution in [1.82, 2.24) is 0 Å². The van der Waals surface area contributed by atoms with E-state index < -0.39 is 0 Å². The van der Waals surface area contributed by atoms with Crippen LogP contribution in [0.25, 0.3) is 0 Å². The van der Waals surface area contributed by atoms with Crippen molar-refractivity contribution >= 4 is 9.24 Å². The van der Waals surface area contributed by atoms with Crippen LogP contribution in [0.2, 0.25) is 0 Å². The van der Waals surface area contributed by atoms with Crippen molar-refractivity contribution in [3.8, 4) is 0 Å². The maximum Gasteiger partial charge on any atom is -0.0200 e. The van der Waals surface area contributed by atoms with Crippen LogP contribution in [0.1, 0.15) is 25.7 Å². The van der Waals surface area contributed by atoms with E-state index in [0.29, 0.717) is 0 Å². The Morgan fingerprint density at radius 1 is 1.17 bits per heavy atom. The largest absolute Gasteiger partial charge is 0.0958 e. The molecular weight excluding hydrogens is 91.0 g/mol. The summed E-state index contributed by atoms with van der Waals surface area (Å²) < 4.78 is 0. The van der Waals surface area contributed by atoms with Crippen molar-refractivity contribution in [2.75, 3.05) is 0 Å². The zero-order chi connectivity index (χ0) is 4.41. The van der Waals surface area contributed by atoms with E-state index in [0.717, 1.165) is 5.66 Å². The lowest BCUT2D eigenvalue weighted by atomic mass is 10.4. The summed E-state index contributed by atoms with van der Waals surface area (Å²) in [6.07, 6.45) is 5.68. The van der Waals surface area contributed by atoms with Gasteiger partial charge < -0.3 is 0 Å². The second-order valence-corrected chi connectivity index (χ2v) is 2.80. The SMILES string of the molecule is [PH]C1CCCC1. The molecule has 0 saturated heterocycles. The molecule has 0 aliphatic heterocycles. The minimum atomic E-state index is 0.852. The maximum absolute atomic E-state index is 3.58. The molecule has 0 heterocycles. The van der Waals surface area contributed by atoms with Crippen LogP contribution in [-0.4, -0.2) is 5.66 Å². The summed E-state index contributed by atoms with van der Waals surface area (Å²) in [6.45, 7) is 0. The average Bonchev–Trinajstić information content (AvgIpc) is 1.86. The lowest BCUT2D eigenvalue weighted by molar-refractivity contribution is 0.886. The molecule has 1 rings (SSSR count). The third-order valence-electron chi connectivity index (χ3n) is 1.36. The van der Waals surface area contributed by atoms with E-state index in [1.165, 1.54) is 25.7 Å². The van der Waals surface area contributed by atoms with Crippen molar-refractivity contribution in [2.45, 2.75) is 31.3 Å². The van der Waals surface area contributed by atoms with Gasteiger partial charge in [-0.15, -0.1) is 0 Å². The molecule has 0 nitrogen and oxygen atoms in total. The van der Waals surface area contributed by atoms with Crippen LogP contribution < -0.4 is 0 Å². The topological polar surface area (TPSA) is 0 Å². The zero-order valence-electron chi connectivity index (χ0n) is 3.91. The van der Waals surface area contributed by atoms with Gasteiger partial charge in [0.15, 0.2) is 0 Å². The lowest BCUT2D eigenvalue weighted by Gasteiger charge is -1.90. The fourth-order valence-electron chi connectivity index (χ4n) is 0.926. The van der Waals surface area contributed by atoms with Gasteiger partial charge in [0.2, 0.25) is 0 Å². The summed E-state index contributed by atoms with van der Waals surface area (Å²) in [5.41, 5.74) is 0.852. The Hall–Kier alpha value is 0.430. The van der Waals surface area contributed by atoms with Gasteiger partial charge >= 0.3 is 0 Å².